The number of likely N-dealkylation sites (tertiary alicyclic amines) is 1. The molecule has 4 nitrogen and oxygen atoms in total. The Labute approximate surface area is 172 Å². The molecule has 29 heavy (non-hydrogen) atoms. The average molecular weight is 392 g/mol. The Morgan fingerprint density at radius 1 is 1.14 bits per heavy atom. The lowest BCUT2D eigenvalue weighted by atomic mass is 9.91. The zero-order valence-electron chi connectivity index (χ0n) is 17.7. The fourth-order valence-corrected chi connectivity index (χ4v) is 4.77. The second-order valence-corrected chi connectivity index (χ2v) is 8.83. The van der Waals surface area contributed by atoms with E-state index in [0.717, 1.165) is 29.8 Å². The molecule has 2 aromatic carbocycles. The van der Waals surface area contributed by atoms with Gasteiger partial charge in [0.05, 0.1) is 11.1 Å². The van der Waals surface area contributed by atoms with Gasteiger partial charge in [-0.3, -0.25) is 9.69 Å². The van der Waals surface area contributed by atoms with Crippen LogP contribution in [0.4, 0.5) is 0 Å². The van der Waals surface area contributed by atoms with E-state index in [-0.39, 0.29) is 11.5 Å². The SMILES string of the molecule is Cc1ccccc1/C=C1/Oc2c(CN3CC(C)CC(C)C3)c(O)cc(C)c2C1=O. The van der Waals surface area contributed by atoms with Gasteiger partial charge in [-0.05, 0) is 60.9 Å². The van der Waals surface area contributed by atoms with Gasteiger partial charge in [-0.2, -0.15) is 0 Å². The molecule has 2 heterocycles. The molecule has 152 valence electrons. The van der Waals surface area contributed by atoms with Gasteiger partial charge in [0.2, 0.25) is 5.78 Å². The predicted molar refractivity (Wildman–Crippen MR) is 115 cm³/mol. The van der Waals surface area contributed by atoms with Gasteiger partial charge in [0, 0.05) is 19.6 Å². The normalized spacial score (nSPS) is 23.3. The molecule has 0 spiro atoms. The average Bonchev–Trinajstić information content (AvgIpc) is 2.96. The molecular formula is C25H29NO3. The van der Waals surface area contributed by atoms with E-state index < -0.39 is 0 Å². The molecule has 2 aromatic rings. The fourth-order valence-electron chi connectivity index (χ4n) is 4.77. The van der Waals surface area contributed by atoms with Crippen LogP contribution in [0.3, 0.4) is 0 Å². The lowest BCUT2D eigenvalue weighted by molar-refractivity contribution is 0.101. The van der Waals surface area contributed by atoms with E-state index in [1.165, 1.54) is 6.42 Å². The zero-order valence-corrected chi connectivity index (χ0v) is 17.7. The van der Waals surface area contributed by atoms with Crippen molar-refractivity contribution in [1.82, 2.24) is 4.90 Å². The number of ketones is 1. The molecule has 1 fully saturated rings. The number of Topliss-reactive ketones (excluding diaryl/α,β-unsaturated/α-hetero) is 1. The minimum absolute atomic E-state index is 0.109. The molecule has 0 radical (unpaired) electrons. The van der Waals surface area contributed by atoms with Gasteiger partial charge in [-0.25, -0.2) is 0 Å². The predicted octanol–water partition coefficient (Wildman–Crippen LogP) is 5.10. The fraction of sp³-hybridized carbons (Fsp3) is 0.400. The van der Waals surface area contributed by atoms with Crippen LogP contribution in [0.2, 0.25) is 0 Å². The third-order valence-electron chi connectivity index (χ3n) is 6.02. The molecule has 2 aliphatic rings. The third-order valence-corrected chi connectivity index (χ3v) is 6.02. The van der Waals surface area contributed by atoms with Crippen LogP contribution in [0.25, 0.3) is 6.08 Å². The van der Waals surface area contributed by atoms with Gasteiger partial charge < -0.3 is 9.84 Å². The Balaban J connectivity index is 1.70. The molecule has 2 aliphatic heterocycles. The van der Waals surface area contributed by atoms with Crippen molar-refractivity contribution in [3.8, 4) is 11.5 Å². The van der Waals surface area contributed by atoms with Crippen LogP contribution >= 0.6 is 0 Å². The molecule has 1 saturated heterocycles. The van der Waals surface area contributed by atoms with E-state index in [9.17, 15) is 9.90 Å². The van der Waals surface area contributed by atoms with Crippen LogP contribution in [0.1, 0.15) is 52.9 Å². The highest BCUT2D eigenvalue weighted by molar-refractivity contribution is 6.15. The summed E-state index contributed by atoms with van der Waals surface area (Å²) in [7, 11) is 0. The van der Waals surface area contributed by atoms with Gasteiger partial charge in [0.25, 0.3) is 0 Å². The van der Waals surface area contributed by atoms with E-state index in [0.29, 0.717) is 41.0 Å². The number of piperidine rings is 1. The van der Waals surface area contributed by atoms with Crippen molar-refractivity contribution in [1.29, 1.82) is 0 Å². The van der Waals surface area contributed by atoms with Crippen molar-refractivity contribution in [2.75, 3.05) is 13.1 Å². The van der Waals surface area contributed by atoms with Crippen molar-refractivity contribution in [2.45, 2.75) is 40.7 Å². The maximum Gasteiger partial charge on any atom is 0.232 e. The molecule has 2 unspecified atom stereocenters. The summed E-state index contributed by atoms with van der Waals surface area (Å²) in [6.45, 7) is 11.0. The number of carbonyl (C=O) groups is 1. The number of carbonyl (C=O) groups excluding carboxylic acids is 1. The van der Waals surface area contributed by atoms with Crippen molar-refractivity contribution >= 4 is 11.9 Å². The number of hydrogen-bond acceptors (Lipinski definition) is 4. The van der Waals surface area contributed by atoms with Gasteiger partial charge in [-0.1, -0.05) is 38.1 Å². The van der Waals surface area contributed by atoms with E-state index in [1.807, 2.05) is 44.2 Å². The molecule has 1 N–H and O–H groups in total. The van der Waals surface area contributed by atoms with Crippen LogP contribution in [-0.4, -0.2) is 28.9 Å². The first-order chi connectivity index (χ1) is 13.8. The highest BCUT2D eigenvalue weighted by Gasteiger charge is 2.34. The minimum atomic E-state index is -0.109. The largest absolute Gasteiger partial charge is 0.507 e. The molecule has 2 atom stereocenters. The second kappa shape index (κ2) is 7.68. The number of phenolic OH excluding ortho intramolecular Hbond substituents is 1. The van der Waals surface area contributed by atoms with Gasteiger partial charge in [0.15, 0.2) is 5.76 Å². The summed E-state index contributed by atoms with van der Waals surface area (Å²) in [5.41, 5.74) is 4.10. The first kappa shape index (κ1) is 19.7. The second-order valence-electron chi connectivity index (χ2n) is 8.83. The van der Waals surface area contributed by atoms with Gasteiger partial charge >= 0.3 is 0 Å². The van der Waals surface area contributed by atoms with Crippen LogP contribution in [0.5, 0.6) is 11.5 Å². The molecule has 0 aliphatic carbocycles. The van der Waals surface area contributed by atoms with Gasteiger partial charge in [0.1, 0.15) is 11.5 Å². The molecular weight excluding hydrogens is 362 g/mol. The van der Waals surface area contributed by atoms with Crippen molar-refractivity contribution in [2.24, 2.45) is 11.8 Å². The zero-order chi connectivity index (χ0) is 20.7. The smallest absolute Gasteiger partial charge is 0.232 e. The van der Waals surface area contributed by atoms with E-state index >= 15 is 0 Å². The van der Waals surface area contributed by atoms with Crippen LogP contribution in [0.15, 0.2) is 36.1 Å². The topological polar surface area (TPSA) is 49.8 Å². The van der Waals surface area contributed by atoms with Crippen molar-refractivity contribution in [3.05, 3.63) is 63.9 Å². The molecule has 4 heteroatoms. The maximum atomic E-state index is 13.1. The summed E-state index contributed by atoms with van der Waals surface area (Å²) in [5.74, 6) is 2.19. The highest BCUT2D eigenvalue weighted by atomic mass is 16.5. The monoisotopic (exact) mass is 391 g/mol. The molecule has 0 saturated carbocycles. The third kappa shape index (κ3) is 3.82. The quantitative estimate of drug-likeness (QED) is 0.739. The summed E-state index contributed by atoms with van der Waals surface area (Å²) < 4.78 is 6.09. The molecule has 4 rings (SSSR count). The number of aromatic hydroxyl groups is 1. The molecule has 0 amide bonds. The van der Waals surface area contributed by atoms with Crippen LogP contribution in [-0.2, 0) is 6.54 Å². The van der Waals surface area contributed by atoms with E-state index in [1.54, 1.807) is 6.07 Å². The Hall–Kier alpha value is -2.59. The van der Waals surface area contributed by atoms with Crippen molar-refractivity contribution < 1.29 is 14.6 Å². The molecule has 0 bridgehead atoms. The van der Waals surface area contributed by atoms with Gasteiger partial charge in [-0.15, -0.1) is 0 Å². The summed E-state index contributed by atoms with van der Waals surface area (Å²) in [4.78, 5) is 15.5. The number of rotatable bonds is 3. The summed E-state index contributed by atoms with van der Waals surface area (Å²) >= 11 is 0. The van der Waals surface area contributed by atoms with Crippen molar-refractivity contribution in [3.63, 3.8) is 0 Å². The number of nitrogens with zero attached hydrogens (tertiary/aromatic N) is 1. The Morgan fingerprint density at radius 3 is 2.52 bits per heavy atom. The number of hydrogen-bond donors (Lipinski definition) is 1. The first-order valence-electron chi connectivity index (χ1n) is 10.4. The number of aryl methyl sites for hydroxylation is 2. The minimum Gasteiger partial charge on any atom is -0.507 e. The summed E-state index contributed by atoms with van der Waals surface area (Å²) in [6, 6.07) is 9.62. The van der Waals surface area contributed by atoms with E-state index in [4.69, 9.17) is 4.74 Å². The lowest BCUT2D eigenvalue weighted by Crippen LogP contribution is -2.38. The highest BCUT2D eigenvalue weighted by Crippen LogP contribution is 2.42. The molecule has 0 aromatic heterocycles. The number of allylic oxidation sites excluding steroid dienone is 1. The number of ether oxygens (including phenoxy) is 1. The Bertz CT molecular complexity index is 982. The Kier molecular flexibility index (Phi) is 5.22. The van der Waals surface area contributed by atoms with E-state index in [2.05, 4.69) is 18.7 Å². The lowest BCUT2D eigenvalue weighted by Gasteiger charge is -2.35. The first-order valence-corrected chi connectivity index (χ1v) is 10.4. The number of benzene rings is 2. The van der Waals surface area contributed by atoms with Crippen LogP contribution in [0, 0.1) is 25.7 Å². The summed E-state index contributed by atoms with van der Waals surface area (Å²) in [5, 5.41) is 10.7. The Morgan fingerprint density at radius 2 is 1.83 bits per heavy atom. The van der Waals surface area contributed by atoms with Crippen LogP contribution < -0.4 is 4.74 Å². The summed E-state index contributed by atoms with van der Waals surface area (Å²) in [6.07, 6.45) is 3.04. The number of phenols is 1. The maximum absolute atomic E-state index is 13.1. The standard InChI is InChI=1S/C25H29NO3/c1-15-9-16(2)13-26(12-15)14-20-21(27)10-18(4)23-24(28)22(29-25(20)23)11-19-8-6-5-7-17(19)3/h5-8,10-11,15-16,27H,9,12-14H2,1-4H3/b22-11+. The number of fused-ring (bicyclic) bond motifs is 1.